The van der Waals surface area contributed by atoms with Crippen molar-refractivity contribution in [1.29, 1.82) is 0 Å². The quantitative estimate of drug-likeness (QED) is 0.729. The molecule has 0 aliphatic carbocycles. The lowest BCUT2D eigenvalue weighted by Gasteiger charge is -2.31. The lowest BCUT2D eigenvalue weighted by atomic mass is 10.2. The summed E-state index contributed by atoms with van der Waals surface area (Å²) in [5.41, 5.74) is 2.46. The van der Waals surface area contributed by atoms with Crippen LogP contribution in [0.4, 0.5) is 0 Å². The minimum Gasteiger partial charge on any atom is -0.368 e. The summed E-state index contributed by atoms with van der Waals surface area (Å²) in [6, 6.07) is 7.19. The van der Waals surface area contributed by atoms with Crippen LogP contribution in [0.5, 0.6) is 0 Å². The first-order valence-corrected chi connectivity index (χ1v) is 8.80. The number of fused-ring (bicyclic) bond motifs is 1. The van der Waals surface area contributed by atoms with Crippen molar-refractivity contribution in [2.75, 3.05) is 19.7 Å². The number of hydrogen-bond acceptors (Lipinski definition) is 6. The summed E-state index contributed by atoms with van der Waals surface area (Å²) >= 11 is 1.64. The molecule has 1 aliphatic heterocycles. The Kier molecular flexibility index (Phi) is 4.13. The van der Waals surface area contributed by atoms with Gasteiger partial charge in [-0.3, -0.25) is 14.1 Å². The molecule has 6 nitrogen and oxygen atoms in total. The van der Waals surface area contributed by atoms with E-state index in [9.17, 15) is 4.79 Å². The normalized spacial score (nSPS) is 19.0. The molecule has 7 heteroatoms. The van der Waals surface area contributed by atoms with Crippen LogP contribution < -0.4 is 5.56 Å². The maximum absolute atomic E-state index is 12.2. The highest BCUT2D eigenvalue weighted by atomic mass is 32.1. The second-order valence-electron chi connectivity index (χ2n) is 5.94. The van der Waals surface area contributed by atoms with Crippen LogP contribution in [-0.2, 0) is 11.3 Å². The molecular formula is C17H18N4O2S. The van der Waals surface area contributed by atoms with E-state index in [1.807, 2.05) is 30.5 Å². The van der Waals surface area contributed by atoms with Crippen LogP contribution in [0.2, 0.25) is 0 Å². The number of aromatic nitrogens is 3. The molecule has 1 aliphatic rings. The molecular weight excluding hydrogens is 324 g/mol. The van der Waals surface area contributed by atoms with E-state index in [1.54, 1.807) is 28.0 Å². The first-order chi connectivity index (χ1) is 11.7. The molecule has 0 aromatic carbocycles. The number of nitrogens with zero attached hydrogens (tertiary/aromatic N) is 4. The Morgan fingerprint density at radius 2 is 2.29 bits per heavy atom. The van der Waals surface area contributed by atoms with E-state index >= 15 is 0 Å². The van der Waals surface area contributed by atoms with Gasteiger partial charge in [-0.1, -0.05) is 6.07 Å². The molecule has 1 saturated heterocycles. The monoisotopic (exact) mass is 342 g/mol. The Balaban J connectivity index is 1.53. The van der Waals surface area contributed by atoms with E-state index in [1.165, 1.54) is 0 Å². The summed E-state index contributed by atoms with van der Waals surface area (Å²) in [5, 5.41) is 3.06. The molecule has 0 bridgehead atoms. The lowest BCUT2D eigenvalue weighted by Crippen LogP contribution is -2.38. The third kappa shape index (κ3) is 3.10. The van der Waals surface area contributed by atoms with E-state index in [0.29, 0.717) is 18.8 Å². The Labute approximate surface area is 143 Å². The van der Waals surface area contributed by atoms with Gasteiger partial charge in [0.1, 0.15) is 16.8 Å². The topological polar surface area (TPSA) is 59.7 Å². The number of hydrogen-bond donors (Lipinski definition) is 0. The van der Waals surface area contributed by atoms with E-state index in [2.05, 4.69) is 14.9 Å². The summed E-state index contributed by atoms with van der Waals surface area (Å²) in [6.45, 7) is 4.90. The average Bonchev–Trinajstić information content (AvgIpc) is 3.02. The van der Waals surface area contributed by atoms with Gasteiger partial charge in [0.25, 0.3) is 5.56 Å². The van der Waals surface area contributed by atoms with Gasteiger partial charge in [0, 0.05) is 43.0 Å². The molecule has 1 fully saturated rings. The fraction of sp³-hybridized carbons (Fsp3) is 0.353. The maximum Gasteiger partial charge on any atom is 0.258 e. The summed E-state index contributed by atoms with van der Waals surface area (Å²) in [7, 11) is 0. The zero-order valence-electron chi connectivity index (χ0n) is 13.4. The van der Waals surface area contributed by atoms with Gasteiger partial charge in [-0.25, -0.2) is 9.97 Å². The molecule has 3 aromatic rings. The van der Waals surface area contributed by atoms with Crippen LogP contribution in [0, 0.1) is 6.92 Å². The van der Waals surface area contributed by atoms with Crippen LogP contribution in [0.3, 0.4) is 0 Å². The van der Waals surface area contributed by atoms with Gasteiger partial charge >= 0.3 is 0 Å². The van der Waals surface area contributed by atoms with Crippen molar-refractivity contribution in [1.82, 2.24) is 19.3 Å². The Bertz CT molecular complexity index is 920. The minimum absolute atomic E-state index is 0.000923. The van der Waals surface area contributed by atoms with E-state index < -0.39 is 0 Å². The van der Waals surface area contributed by atoms with Crippen molar-refractivity contribution in [2.45, 2.75) is 19.6 Å². The summed E-state index contributed by atoms with van der Waals surface area (Å²) < 4.78 is 7.42. The number of aryl methyl sites for hydroxylation is 1. The van der Waals surface area contributed by atoms with Crippen molar-refractivity contribution in [2.24, 2.45) is 0 Å². The molecule has 3 aromatic heterocycles. The van der Waals surface area contributed by atoms with Crippen molar-refractivity contribution in [3.63, 3.8) is 0 Å². The predicted octanol–water partition coefficient (Wildman–Crippen LogP) is 2.03. The fourth-order valence-electron chi connectivity index (χ4n) is 2.93. The van der Waals surface area contributed by atoms with Gasteiger partial charge in [-0.2, -0.15) is 0 Å². The molecule has 4 heterocycles. The third-order valence-electron chi connectivity index (χ3n) is 4.07. The van der Waals surface area contributed by atoms with Crippen LogP contribution in [0.25, 0.3) is 5.65 Å². The van der Waals surface area contributed by atoms with Crippen LogP contribution in [-0.4, -0.2) is 39.0 Å². The van der Waals surface area contributed by atoms with Crippen molar-refractivity contribution < 1.29 is 4.74 Å². The molecule has 4 rings (SSSR count). The van der Waals surface area contributed by atoms with Crippen LogP contribution >= 0.6 is 11.3 Å². The number of ether oxygens (including phenoxy) is 1. The second kappa shape index (κ2) is 6.43. The average molecular weight is 342 g/mol. The molecule has 1 atom stereocenters. The van der Waals surface area contributed by atoms with E-state index in [0.717, 1.165) is 29.5 Å². The fourth-order valence-corrected chi connectivity index (χ4v) is 3.76. The summed E-state index contributed by atoms with van der Waals surface area (Å²) in [4.78, 5) is 23.6. The summed E-state index contributed by atoms with van der Waals surface area (Å²) in [6.07, 6.45) is 1.74. The number of morpholine rings is 1. The standard InChI is InChI=1S/C17H18N4O2S/c1-12-11-24-17(18-12)14-10-20(6-7-23-14)9-13-8-16(22)21-5-3-2-4-15(21)19-13/h2-5,8,11,14H,6-7,9-10H2,1H3. The SMILES string of the molecule is Cc1csc(C2CN(Cc3cc(=O)n4ccccc4n3)CCO2)n1. The zero-order chi connectivity index (χ0) is 16.5. The first-order valence-electron chi connectivity index (χ1n) is 7.92. The van der Waals surface area contributed by atoms with E-state index in [-0.39, 0.29) is 11.7 Å². The Morgan fingerprint density at radius 1 is 1.38 bits per heavy atom. The second-order valence-corrected chi connectivity index (χ2v) is 6.83. The number of pyridine rings is 1. The molecule has 0 amide bonds. The van der Waals surface area contributed by atoms with Gasteiger partial charge in [0.2, 0.25) is 0 Å². The van der Waals surface area contributed by atoms with Gasteiger partial charge < -0.3 is 4.74 Å². The molecule has 24 heavy (non-hydrogen) atoms. The molecule has 0 spiro atoms. The summed E-state index contributed by atoms with van der Waals surface area (Å²) in [5.74, 6) is 0. The van der Waals surface area contributed by atoms with Crippen molar-refractivity contribution >= 4 is 17.0 Å². The number of thiazole rings is 1. The molecule has 0 radical (unpaired) electrons. The third-order valence-corrected chi connectivity index (χ3v) is 5.13. The smallest absolute Gasteiger partial charge is 0.258 e. The van der Waals surface area contributed by atoms with E-state index in [4.69, 9.17) is 4.74 Å². The Morgan fingerprint density at radius 3 is 3.12 bits per heavy atom. The number of rotatable bonds is 3. The highest BCUT2D eigenvalue weighted by molar-refractivity contribution is 7.09. The molecule has 0 N–H and O–H groups in total. The maximum atomic E-state index is 12.2. The predicted molar refractivity (Wildman–Crippen MR) is 92.3 cm³/mol. The highest BCUT2D eigenvalue weighted by Crippen LogP contribution is 2.25. The van der Waals surface area contributed by atoms with Crippen molar-refractivity contribution in [3.05, 3.63) is 62.6 Å². The highest BCUT2D eigenvalue weighted by Gasteiger charge is 2.24. The van der Waals surface area contributed by atoms with Crippen molar-refractivity contribution in [3.8, 4) is 0 Å². The molecule has 0 saturated carbocycles. The minimum atomic E-state index is -0.0454. The van der Waals surface area contributed by atoms with Gasteiger partial charge in [0.15, 0.2) is 0 Å². The largest absolute Gasteiger partial charge is 0.368 e. The molecule has 1 unspecified atom stereocenters. The first kappa shape index (κ1) is 15.4. The molecule has 124 valence electrons. The Hall–Kier alpha value is -2.09. The van der Waals surface area contributed by atoms with Gasteiger partial charge in [-0.15, -0.1) is 11.3 Å². The zero-order valence-corrected chi connectivity index (χ0v) is 14.2. The van der Waals surface area contributed by atoms with Crippen LogP contribution in [0.1, 0.15) is 22.5 Å². The van der Waals surface area contributed by atoms with Gasteiger partial charge in [0.05, 0.1) is 12.3 Å². The van der Waals surface area contributed by atoms with Crippen LogP contribution in [0.15, 0.2) is 40.6 Å². The lowest BCUT2D eigenvalue weighted by molar-refractivity contribution is -0.0333. The van der Waals surface area contributed by atoms with Gasteiger partial charge in [-0.05, 0) is 19.1 Å².